The number of allylic oxidation sites excluding steroid dienone is 6. The summed E-state index contributed by atoms with van der Waals surface area (Å²) in [6, 6.07) is 33.7. The van der Waals surface area contributed by atoms with Gasteiger partial charge in [0.25, 0.3) is 20.2 Å². The Morgan fingerprint density at radius 1 is 0.703 bits per heavy atom. The highest BCUT2D eigenvalue weighted by Crippen LogP contribution is 2.52. The Bertz CT molecular complexity index is 2930. The maximum absolute atomic E-state index is 11.7. The molecule has 0 bridgehead atoms. The van der Waals surface area contributed by atoms with Crippen LogP contribution in [0.3, 0.4) is 0 Å². The van der Waals surface area contributed by atoms with E-state index in [9.17, 15) is 25.9 Å². The van der Waals surface area contributed by atoms with Gasteiger partial charge in [0.2, 0.25) is 0 Å². The van der Waals surface area contributed by atoms with Crippen LogP contribution in [0.15, 0.2) is 148 Å². The molecule has 9 nitrogen and oxygen atoms in total. The lowest BCUT2D eigenvalue weighted by molar-refractivity contribution is 0.468. The standard InChI is InChI=1S/C52H59N3O6S3/c1-51(2)46(54(32-9-11-34-63(56,57)58)44-28-20-36-14-5-7-18-42(36)48(44)51)30-22-38-16-13-17-39(50(38)62-41-26-24-40(53)25-27-41)23-31-47-52(3,4)49-43-19-8-6-15-37(43)21-29-45(49)55(47)33-10-12-35-64(59,60)61/h5-8,14-15,18-31,46H,9-13,16-17,32-35,53H2,1-4H3,(H,56,57,58)(H,59,60,61). The van der Waals surface area contributed by atoms with E-state index in [0.717, 1.165) is 41.2 Å². The second-order valence-corrected chi connectivity index (χ2v) is 22.7. The van der Waals surface area contributed by atoms with E-state index >= 15 is 0 Å². The number of nitrogens with zero attached hydrogens (tertiary/aromatic N) is 2. The number of thioether (sulfide) groups is 1. The summed E-state index contributed by atoms with van der Waals surface area (Å²) < 4.78 is 65.6. The zero-order valence-electron chi connectivity index (χ0n) is 37.1. The minimum Gasteiger partial charge on any atom is -0.399 e. The normalized spacial score (nSPS) is 19.8. The van der Waals surface area contributed by atoms with Crippen LogP contribution in [0.25, 0.3) is 21.5 Å². The molecule has 5 aromatic carbocycles. The van der Waals surface area contributed by atoms with Crippen LogP contribution in [0, 0.1) is 0 Å². The Labute approximate surface area is 383 Å². The number of nitrogens with two attached hydrogens (primary N) is 1. The van der Waals surface area contributed by atoms with Gasteiger partial charge in [-0.05, 0) is 131 Å². The van der Waals surface area contributed by atoms with E-state index in [1.54, 1.807) is 11.8 Å². The summed E-state index contributed by atoms with van der Waals surface area (Å²) in [5, 5.41) is 4.78. The van der Waals surface area contributed by atoms with Crippen LogP contribution < -0.4 is 15.5 Å². The summed E-state index contributed by atoms with van der Waals surface area (Å²) in [5.74, 6) is -0.526. The number of anilines is 3. The van der Waals surface area contributed by atoms with Crippen molar-refractivity contribution >= 4 is 70.6 Å². The molecule has 2 aliphatic heterocycles. The molecule has 4 N–H and O–H groups in total. The molecule has 64 heavy (non-hydrogen) atoms. The quantitative estimate of drug-likeness (QED) is 0.0528. The summed E-state index contributed by atoms with van der Waals surface area (Å²) in [6.07, 6.45) is 14.0. The van der Waals surface area contributed by atoms with Crippen LogP contribution in [0.4, 0.5) is 17.1 Å². The van der Waals surface area contributed by atoms with Crippen molar-refractivity contribution in [2.45, 2.75) is 94.4 Å². The number of unbranched alkanes of at least 4 members (excludes halogenated alkanes) is 2. The smallest absolute Gasteiger partial charge is 0.264 e. The summed E-state index contributed by atoms with van der Waals surface area (Å²) in [5.41, 5.74) is 14.7. The Hall–Kier alpha value is -4.85. The first-order chi connectivity index (χ1) is 30.4. The van der Waals surface area contributed by atoms with Crippen molar-refractivity contribution in [1.82, 2.24) is 0 Å². The molecule has 1 aliphatic carbocycles. The van der Waals surface area contributed by atoms with Gasteiger partial charge in [-0.2, -0.15) is 16.8 Å². The number of rotatable bonds is 15. The fraction of sp³-hybridized carbons (Fsp3) is 0.346. The zero-order chi connectivity index (χ0) is 45.4. The lowest BCUT2D eigenvalue weighted by Crippen LogP contribution is -2.40. The molecule has 1 unspecified atom stereocenters. The molecule has 2 heterocycles. The molecule has 0 aromatic heterocycles. The molecule has 5 aromatic rings. The summed E-state index contributed by atoms with van der Waals surface area (Å²) >= 11 is 1.76. The molecule has 0 saturated carbocycles. The number of hydrogen-bond acceptors (Lipinski definition) is 8. The maximum Gasteiger partial charge on any atom is 0.264 e. The molecule has 0 amide bonds. The van der Waals surface area contributed by atoms with Gasteiger partial charge >= 0.3 is 0 Å². The molecule has 0 radical (unpaired) electrons. The lowest BCUT2D eigenvalue weighted by Gasteiger charge is -2.33. The van der Waals surface area contributed by atoms with Gasteiger partial charge in [0.1, 0.15) is 0 Å². The van der Waals surface area contributed by atoms with Gasteiger partial charge < -0.3 is 15.5 Å². The van der Waals surface area contributed by atoms with Gasteiger partial charge in [-0.15, -0.1) is 0 Å². The second-order valence-electron chi connectivity index (χ2n) is 18.5. The molecule has 3 aliphatic rings. The van der Waals surface area contributed by atoms with Gasteiger partial charge in [-0.1, -0.05) is 118 Å². The number of nitrogen functional groups attached to an aromatic ring is 1. The van der Waals surface area contributed by atoms with Crippen molar-refractivity contribution in [2.24, 2.45) is 0 Å². The number of hydrogen-bond donors (Lipinski definition) is 3. The average Bonchev–Trinajstić information content (AvgIpc) is 3.61. The van der Waals surface area contributed by atoms with Gasteiger partial charge in [-0.3, -0.25) is 9.11 Å². The Morgan fingerprint density at radius 2 is 1.30 bits per heavy atom. The van der Waals surface area contributed by atoms with Crippen molar-refractivity contribution in [3.05, 3.63) is 154 Å². The van der Waals surface area contributed by atoms with Crippen LogP contribution >= 0.6 is 11.8 Å². The van der Waals surface area contributed by atoms with Gasteiger partial charge in [0.05, 0.1) is 17.5 Å². The van der Waals surface area contributed by atoms with Crippen molar-refractivity contribution in [3.63, 3.8) is 0 Å². The predicted octanol–water partition coefficient (Wildman–Crippen LogP) is 11.8. The molecule has 0 spiro atoms. The van der Waals surface area contributed by atoms with Crippen molar-refractivity contribution < 1.29 is 25.9 Å². The second kappa shape index (κ2) is 18.2. The number of fused-ring (bicyclic) bond motifs is 6. The molecule has 12 heteroatoms. The molecule has 0 saturated heterocycles. The molecule has 0 fully saturated rings. The summed E-state index contributed by atoms with van der Waals surface area (Å²) in [6.45, 7) is 10.4. The molecule has 336 valence electrons. The third-order valence-electron chi connectivity index (χ3n) is 13.3. The van der Waals surface area contributed by atoms with Crippen LogP contribution in [0.2, 0.25) is 0 Å². The van der Waals surface area contributed by atoms with Crippen LogP contribution in [0.1, 0.15) is 83.8 Å². The van der Waals surface area contributed by atoms with Crippen LogP contribution in [-0.2, 0) is 31.1 Å². The average molecular weight is 918 g/mol. The highest BCUT2D eigenvalue weighted by Gasteiger charge is 2.44. The molecule has 1 atom stereocenters. The first-order valence-corrected chi connectivity index (χ1v) is 26.3. The minimum absolute atomic E-state index is 0.0206. The van der Waals surface area contributed by atoms with E-state index in [-0.39, 0.29) is 28.4 Å². The van der Waals surface area contributed by atoms with Gasteiger partial charge in [-0.25, -0.2) is 0 Å². The summed E-state index contributed by atoms with van der Waals surface area (Å²) in [7, 11) is -8.11. The van der Waals surface area contributed by atoms with E-state index in [1.807, 2.05) is 12.1 Å². The van der Waals surface area contributed by atoms with E-state index in [1.165, 1.54) is 48.7 Å². The van der Waals surface area contributed by atoms with Crippen LogP contribution in [0.5, 0.6) is 0 Å². The van der Waals surface area contributed by atoms with Gasteiger partial charge in [0, 0.05) is 56.5 Å². The lowest BCUT2D eigenvalue weighted by atomic mass is 9.78. The highest BCUT2D eigenvalue weighted by molar-refractivity contribution is 8.03. The SMILES string of the molecule is CC1(C)C(=CC=C2CCCC(C=CC3N(CCCCS(=O)(=O)O)c4ccc5ccccc5c4C3(C)C)=C2Sc2ccc(N)cc2)N(CCCCS(=O)(=O)O)c2ccc3ccccc3c21. The van der Waals surface area contributed by atoms with E-state index in [2.05, 4.69) is 147 Å². The van der Waals surface area contributed by atoms with Crippen LogP contribution in [-0.4, -0.2) is 56.6 Å². The van der Waals surface area contributed by atoms with Gasteiger partial charge in [0.15, 0.2) is 0 Å². The Balaban J connectivity index is 1.20. The summed E-state index contributed by atoms with van der Waals surface area (Å²) in [4.78, 5) is 7.07. The topological polar surface area (TPSA) is 141 Å². The predicted molar refractivity (Wildman–Crippen MR) is 267 cm³/mol. The van der Waals surface area contributed by atoms with Crippen molar-refractivity contribution in [1.29, 1.82) is 0 Å². The third-order valence-corrected chi connectivity index (χ3v) is 16.1. The largest absolute Gasteiger partial charge is 0.399 e. The van der Waals surface area contributed by atoms with E-state index in [0.29, 0.717) is 44.5 Å². The monoisotopic (exact) mass is 917 g/mol. The van der Waals surface area contributed by atoms with E-state index in [4.69, 9.17) is 5.73 Å². The molecule has 8 rings (SSSR count). The zero-order valence-corrected chi connectivity index (χ0v) is 39.6. The highest BCUT2D eigenvalue weighted by atomic mass is 32.2. The number of benzene rings is 5. The first kappa shape index (κ1) is 45.7. The third kappa shape index (κ3) is 9.58. The minimum atomic E-state index is -4.06. The fourth-order valence-electron chi connectivity index (χ4n) is 10.3. The van der Waals surface area contributed by atoms with E-state index < -0.39 is 20.2 Å². The molecular formula is C52H59N3O6S3. The van der Waals surface area contributed by atoms with Crippen molar-refractivity contribution in [2.75, 3.05) is 40.1 Å². The molecular weight excluding hydrogens is 859 g/mol. The first-order valence-electron chi connectivity index (χ1n) is 22.3. The Morgan fingerprint density at radius 3 is 1.94 bits per heavy atom. The maximum atomic E-state index is 11.7. The fourth-order valence-corrected chi connectivity index (χ4v) is 12.5. The van der Waals surface area contributed by atoms with Crippen molar-refractivity contribution in [3.8, 4) is 0 Å². The Kier molecular flexibility index (Phi) is 13.0.